The normalized spacial score (nSPS) is 12.2. The van der Waals surface area contributed by atoms with Crippen LogP contribution in [0.5, 0.6) is 5.75 Å². The number of anilines is 1. The maximum Gasteiger partial charge on any atom is 0.341 e. The molecule has 0 aliphatic rings. The minimum Gasteiger partial charge on any atom is -0.491 e. The number of hydrogen-bond donors (Lipinski definition) is 5. The number of carbonyl (C=O) groups is 3. The van der Waals surface area contributed by atoms with Crippen LogP contribution in [0.25, 0.3) is 0 Å². The van der Waals surface area contributed by atoms with Gasteiger partial charge < -0.3 is 20.6 Å². The Morgan fingerprint density at radius 2 is 1.65 bits per heavy atom. The zero-order valence-corrected chi connectivity index (χ0v) is 19.9. The minimum atomic E-state index is -1.12. The smallest absolute Gasteiger partial charge is 0.341 e. The number of hydrazine groups is 2. The highest BCUT2D eigenvalue weighted by Gasteiger charge is 2.28. The molecule has 5 N–H and O–H groups in total. The molecular weight excluding hydrogens is 438 g/mol. The van der Waals surface area contributed by atoms with Crippen molar-refractivity contribution in [1.82, 2.24) is 21.2 Å². The minimum absolute atomic E-state index is 0.104. The number of imide groups is 1. The Labute approximate surface area is 199 Å². The maximum absolute atomic E-state index is 12.7. The van der Waals surface area contributed by atoms with Gasteiger partial charge >= 0.3 is 18.0 Å². The van der Waals surface area contributed by atoms with Crippen molar-refractivity contribution in [1.29, 1.82) is 0 Å². The number of urea groups is 2. The van der Waals surface area contributed by atoms with Crippen LogP contribution in [0, 0.1) is 6.92 Å². The molecule has 0 aliphatic carbocycles. The van der Waals surface area contributed by atoms with Gasteiger partial charge in [-0.3, -0.25) is 10.2 Å². The lowest BCUT2D eigenvalue weighted by atomic mass is 10.1. The molecule has 2 atom stereocenters. The molecule has 34 heavy (non-hydrogen) atoms. The van der Waals surface area contributed by atoms with Gasteiger partial charge in [0.2, 0.25) is 0 Å². The highest BCUT2D eigenvalue weighted by Crippen LogP contribution is 2.17. The van der Waals surface area contributed by atoms with Crippen LogP contribution in [-0.2, 0) is 11.3 Å². The number of rotatable bonds is 11. The first kappa shape index (κ1) is 26.5. The fraction of sp³-hybridized carbons (Fsp3) is 0.375. The molecule has 0 spiro atoms. The standard InChI is InChI=1S/C24H33N5O5/c1-5-18(4)34-21-12-10-20(11-13-21)26-28-27-24(33)29(17(3)14-22(30)31)23(32)25-15-19-8-6-16(2)7-9-19/h6-13,17-18,26,28H,5,14-15H2,1-4H3,(H,25,32)(H,27,33)(H,30,31)/t17-,18-/m1/s1. The van der Waals surface area contributed by atoms with Gasteiger partial charge in [0.25, 0.3) is 0 Å². The van der Waals surface area contributed by atoms with Crippen molar-refractivity contribution >= 4 is 23.7 Å². The second-order valence-electron chi connectivity index (χ2n) is 8.00. The van der Waals surface area contributed by atoms with Crippen LogP contribution >= 0.6 is 0 Å². The van der Waals surface area contributed by atoms with E-state index in [0.29, 0.717) is 5.69 Å². The first-order chi connectivity index (χ1) is 16.2. The number of nitrogens with one attached hydrogen (secondary N) is 4. The second kappa shape index (κ2) is 13.0. The van der Waals surface area contributed by atoms with Gasteiger partial charge in [-0.2, -0.15) is 0 Å². The number of carboxylic acid groups (broad SMARTS) is 1. The van der Waals surface area contributed by atoms with Crippen LogP contribution in [0.4, 0.5) is 15.3 Å². The zero-order chi connectivity index (χ0) is 25.1. The van der Waals surface area contributed by atoms with E-state index in [4.69, 9.17) is 9.84 Å². The third kappa shape index (κ3) is 8.62. The van der Waals surface area contributed by atoms with E-state index in [9.17, 15) is 14.4 Å². The first-order valence-corrected chi connectivity index (χ1v) is 11.1. The van der Waals surface area contributed by atoms with Crippen molar-refractivity contribution in [2.24, 2.45) is 0 Å². The summed E-state index contributed by atoms with van der Waals surface area (Å²) in [5, 5.41) is 11.8. The van der Waals surface area contributed by atoms with Gasteiger partial charge in [0.15, 0.2) is 0 Å². The second-order valence-corrected chi connectivity index (χ2v) is 8.00. The van der Waals surface area contributed by atoms with Gasteiger partial charge in [0, 0.05) is 6.54 Å². The Balaban J connectivity index is 1.94. The highest BCUT2D eigenvalue weighted by atomic mass is 16.5. The molecule has 2 aromatic carbocycles. The molecule has 2 aromatic rings. The summed E-state index contributed by atoms with van der Waals surface area (Å²) in [7, 11) is 0. The Morgan fingerprint density at radius 1 is 1.00 bits per heavy atom. The van der Waals surface area contributed by atoms with Crippen LogP contribution in [0.1, 0.15) is 44.7 Å². The van der Waals surface area contributed by atoms with Gasteiger partial charge in [-0.25, -0.2) is 14.5 Å². The average molecular weight is 472 g/mol. The van der Waals surface area contributed by atoms with Crippen molar-refractivity contribution in [3.63, 3.8) is 0 Å². The average Bonchev–Trinajstić information content (AvgIpc) is 2.79. The fourth-order valence-corrected chi connectivity index (χ4v) is 2.95. The largest absolute Gasteiger partial charge is 0.491 e. The Hall–Kier alpha value is -3.79. The molecule has 4 amide bonds. The molecule has 2 rings (SSSR count). The van der Waals surface area contributed by atoms with Crippen molar-refractivity contribution in [2.75, 3.05) is 5.43 Å². The van der Waals surface area contributed by atoms with Gasteiger partial charge in [0.05, 0.1) is 24.3 Å². The molecular formula is C24H33N5O5. The van der Waals surface area contributed by atoms with E-state index in [1.54, 1.807) is 24.3 Å². The van der Waals surface area contributed by atoms with E-state index in [1.165, 1.54) is 6.92 Å². The van der Waals surface area contributed by atoms with Gasteiger partial charge in [0.1, 0.15) is 5.75 Å². The summed E-state index contributed by atoms with van der Waals surface area (Å²) in [4.78, 5) is 37.4. The molecule has 0 bridgehead atoms. The third-order valence-electron chi connectivity index (χ3n) is 5.06. The van der Waals surface area contributed by atoms with Crippen LogP contribution in [0.15, 0.2) is 48.5 Å². The lowest BCUT2D eigenvalue weighted by Gasteiger charge is -2.27. The third-order valence-corrected chi connectivity index (χ3v) is 5.06. The van der Waals surface area contributed by atoms with Gasteiger partial charge in [-0.1, -0.05) is 36.8 Å². The quantitative estimate of drug-likeness (QED) is 0.315. The molecule has 0 fully saturated rings. The van der Waals surface area contributed by atoms with E-state index in [-0.39, 0.29) is 12.6 Å². The monoisotopic (exact) mass is 471 g/mol. The molecule has 0 aliphatic heterocycles. The summed E-state index contributed by atoms with van der Waals surface area (Å²) in [6.45, 7) is 7.66. The Morgan fingerprint density at radius 3 is 2.24 bits per heavy atom. The molecule has 0 saturated carbocycles. The maximum atomic E-state index is 12.7. The van der Waals surface area contributed by atoms with Crippen LogP contribution in [0.2, 0.25) is 0 Å². The van der Waals surface area contributed by atoms with E-state index >= 15 is 0 Å². The van der Waals surface area contributed by atoms with Gasteiger partial charge in [-0.15, -0.1) is 5.53 Å². The topological polar surface area (TPSA) is 132 Å². The molecule has 184 valence electrons. The summed E-state index contributed by atoms with van der Waals surface area (Å²) in [6, 6.07) is 12.3. The summed E-state index contributed by atoms with van der Waals surface area (Å²) >= 11 is 0. The number of hydrogen-bond acceptors (Lipinski definition) is 6. The van der Waals surface area contributed by atoms with Crippen LogP contribution in [-0.4, -0.2) is 40.2 Å². The number of amides is 4. The number of aryl methyl sites for hydroxylation is 1. The lowest BCUT2D eigenvalue weighted by Crippen LogP contribution is -2.56. The molecule has 0 aromatic heterocycles. The van der Waals surface area contributed by atoms with Crippen LogP contribution in [0.3, 0.4) is 0 Å². The van der Waals surface area contributed by atoms with Gasteiger partial charge in [-0.05, 0) is 57.0 Å². The SMILES string of the molecule is CC[C@@H](C)Oc1ccc(NNNC(=O)N(C(=O)NCc2ccc(C)cc2)[C@H](C)CC(=O)O)cc1. The summed E-state index contributed by atoms with van der Waals surface area (Å²) < 4.78 is 5.72. The molecule has 0 radical (unpaired) electrons. The van der Waals surface area contributed by atoms with E-state index in [2.05, 4.69) is 21.7 Å². The van der Waals surface area contributed by atoms with E-state index in [1.807, 2.05) is 45.0 Å². The van der Waals surface area contributed by atoms with Crippen LogP contribution < -0.4 is 26.4 Å². The molecule has 10 nitrogen and oxygen atoms in total. The first-order valence-electron chi connectivity index (χ1n) is 11.1. The number of carbonyl (C=O) groups excluding carboxylic acids is 2. The lowest BCUT2D eigenvalue weighted by molar-refractivity contribution is -0.137. The van der Waals surface area contributed by atoms with Crippen molar-refractivity contribution in [2.45, 2.75) is 59.2 Å². The molecule has 0 unspecified atom stereocenters. The molecule has 0 heterocycles. The Bertz CT molecular complexity index is 949. The zero-order valence-electron chi connectivity index (χ0n) is 19.9. The predicted molar refractivity (Wildman–Crippen MR) is 129 cm³/mol. The predicted octanol–water partition coefficient (Wildman–Crippen LogP) is 3.79. The number of carboxylic acids is 1. The number of benzene rings is 2. The van der Waals surface area contributed by atoms with E-state index in [0.717, 1.165) is 28.2 Å². The fourth-order valence-electron chi connectivity index (χ4n) is 2.95. The Kier molecular flexibility index (Phi) is 10.2. The van der Waals surface area contributed by atoms with Crippen molar-refractivity contribution in [3.8, 4) is 5.75 Å². The number of nitrogens with zero attached hydrogens (tertiary/aromatic N) is 1. The molecule has 0 saturated heterocycles. The molecule has 10 heteroatoms. The van der Waals surface area contributed by atoms with E-state index < -0.39 is 30.5 Å². The van der Waals surface area contributed by atoms with Crippen molar-refractivity contribution in [3.05, 3.63) is 59.7 Å². The number of aliphatic carboxylic acids is 1. The van der Waals surface area contributed by atoms with Crippen molar-refractivity contribution < 1.29 is 24.2 Å². The summed E-state index contributed by atoms with van der Waals surface area (Å²) in [6.07, 6.45) is 0.603. The summed E-state index contributed by atoms with van der Waals surface area (Å²) in [5.74, 6) is -0.398. The summed E-state index contributed by atoms with van der Waals surface area (Å²) in [5.41, 5.74) is 10.3. The highest BCUT2D eigenvalue weighted by molar-refractivity contribution is 5.94. The number of ether oxygens (including phenoxy) is 1.